The molecule has 1 aliphatic heterocycles. The summed E-state index contributed by atoms with van der Waals surface area (Å²) in [4.78, 5) is 29.6. The topological polar surface area (TPSA) is 53.1 Å². The van der Waals surface area contributed by atoms with Crippen LogP contribution >= 0.6 is 0 Å². The standard InChI is InChI=1S/C19H25N3O3/c1-15(2)25-19(24)22-13-11-21(12-14-22)17-7-5-16(6-8-17)18(23)9-10-20(3)4/h5-10H,1,11-14H2,2-4H3/b10-9-. The van der Waals surface area contributed by atoms with Crippen LogP contribution in [0.25, 0.3) is 0 Å². The zero-order valence-corrected chi connectivity index (χ0v) is 15.1. The number of carbonyl (C=O) groups excluding carboxylic acids is 2. The smallest absolute Gasteiger partial charge is 0.414 e. The molecule has 0 radical (unpaired) electrons. The van der Waals surface area contributed by atoms with Gasteiger partial charge in [-0.05, 0) is 31.2 Å². The number of ether oxygens (including phenoxy) is 1. The van der Waals surface area contributed by atoms with E-state index in [1.54, 1.807) is 24.1 Å². The largest absolute Gasteiger partial charge is 0.416 e. The van der Waals surface area contributed by atoms with E-state index >= 15 is 0 Å². The first kappa shape index (κ1) is 18.6. The summed E-state index contributed by atoms with van der Waals surface area (Å²) in [6.45, 7) is 7.87. The minimum absolute atomic E-state index is 0.0207. The molecule has 0 saturated carbocycles. The average molecular weight is 343 g/mol. The van der Waals surface area contributed by atoms with Crippen LogP contribution < -0.4 is 4.90 Å². The molecule has 0 bridgehead atoms. The van der Waals surface area contributed by atoms with E-state index in [4.69, 9.17) is 4.74 Å². The number of allylic oxidation sites excluding steroid dienone is 2. The third-order valence-electron chi connectivity index (χ3n) is 3.84. The van der Waals surface area contributed by atoms with E-state index in [0.29, 0.717) is 24.4 Å². The van der Waals surface area contributed by atoms with Gasteiger partial charge in [0.25, 0.3) is 0 Å². The SMILES string of the molecule is C=C(C)OC(=O)N1CCN(c2ccc(C(=O)/C=C\N(C)C)cc2)CC1. The Morgan fingerprint density at radius 2 is 1.72 bits per heavy atom. The Bertz CT molecular complexity index is 657. The first-order valence-electron chi connectivity index (χ1n) is 8.23. The van der Waals surface area contributed by atoms with Crippen LogP contribution in [-0.4, -0.2) is 62.0 Å². The molecule has 6 nitrogen and oxygen atoms in total. The predicted molar refractivity (Wildman–Crippen MR) is 98.7 cm³/mol. The minimum atomic E-state index is -0.347. The van der Waals surface area contributed by atoms with E-state index in [2.05, 4.69) is 11.5 Å². The third-order valence-corrected chi connectivity index (χ3v) is 3.84. The van der Waals surface area contributed by atoms with Crippen molar-refractivity contribution in [2.24, 2.45) is 0 Å². The lowest BCUT2D eigenvalue weighted by Crippen LogP contribution is -2.48. The number of hydrogen-bond donors (Lipinski definition) is 0. The molecule has 0 aliphatic carbocycles. The Morgan fingerprint density at radius 1 is 1.12 bits per heavy atom. The number of piperazine rings is 1. The normalized spacial score (nSPS) is 14.5. The van der Waals surface area contributed by atoms with Gasteiger partial charge in [0.15, 0.2) is 5.78 Å². The maximum atomic E-state index is 12.1. The molecular formula is C19H25N3O3. The van der Waals surface area contributed by atoms with Gasteiger partial charge in [-0.3, -0.25) is 4.79 Å². The summed E-state index contributed by atoms with van der Waals surface area (Å²) in [6.07, 6.45) is 2.95. The van der Waals surface area contributed by atoms with Crippen LogP contribution in [0, 0.1) is 0 Å². The lowest BCUT2D eigenvalue weighted by atomic mass is 10.1. The second kappa shape index (κ2) is 8.37. The molecule has 1 aromatic carbocycles. The molecule has 6 heteroatoms. The van der Waals surface area contributed by atoms with Crippen molar-refractivity contribution in [2.75, 3.05) is 45.2 Å². The van der Waals surface area contributed by atoms with Crippen molar-refractivity contribution in [3.05, 3.63) is 54.4 Å². The van der Waals surface area contributed by atoms with Crippen molar-refractivity contribution >= 4 is 17.6 Å². The van der Waals surface area contributed by atoms with Gasteiger partial charge < -0.3 is 19.4 Å². The molecule has 1 fully saturated rings. The molecule has 0 aromatic heterocycles. The van der Waals surface area contributed by atoms with Crippen LogP contribution in [0.2, 0.25) is 0 Å². The maximum Gasteiger partial charge on any atom is 0.414 e. The molecule has 134 valence electrons. The first-order chi connectivity index (χ1) is 11.9. The van der Waals surface area contributed by atoms with E-state index < -0.39 is 0 Å². The van der Waals surface area contributed by atoms with Gasteiger partial charge in [0.1, 0.15) is 0 Å². The highest BCUT2D eigenvalue weighted by Gasteiger charge is 2.22. The molecule has 1 saturated heterocycles. The van der Waals surface area contributed by atoms with Crippen LogP contribution in [0.3, 0.4) is 0 Å². The summed E-state index contributed by atoms with van der Waals surface area (Å²) in [6, 6.07) is 7.55. The highest BCUT2D eigenvalue weighted by atomic mass is 16.6. The van der Waals surface area contributed by atoms with Crippen LogP contribution in [0.4, 0.5) is 10.5 Å². The zero-order chi connectivity index (χ0) is 18.4. The summed E-state index contributed by atoms with van der Waals surface area (Å²) in [5.41, 5.74) is 1.70. The summed E-state index contributed by atoms with van der Waals surface area (Å²) in [5.74, 6) is 0.378. The second-order valence-electron chi connectivity index (χ2n) is 6.23. The van der Waals surface area contributed by atoms with Crippen molar-refractivity contribution in [3.63, 3.8) is 0 Å². The van der Waals surface area contributed by atoms with Gasteiger partial charge in [-0.2, -0.15) is 0 Å². The molecule has 1 heterocycles. The monoisotopic (exact) mass is 343 g/mol. The lowest BCUT2D eigenvalue weighted by molar-refractivity contribution is 0.104. The van der Waals surface area contributed by atoms with Crippen molar-refractivity contribution < 1.29 is 14.3 Å². The molecule has 1 amide bonds. The predicted octanol–water partition coefficient (Wildman–Crippen LogP) is 2.74. The fourth-order valence-electron chi connectivity index (χ4n) is 2.51. The lowest BCUT2D eigenvalue weighted by Gasteiger charge is -2.35. The molecule has 25 heavy (non-hydrogen) atoms. The van der Waals surface area contributed by atoms with Crippen LogP contribution in [-0.2, 0) is 4.74 Å². The van der Waals surface area contributed by atoms with Gasteiger partial charge in [-0.1, -0.05) is 6.58 Å². The quantitative estimate of drug-likeness (QED) is 0.467. The van der Waals surface area contributed by atoms with Crippen LogP contribution in [0.15, 0.2) is 48.9 Å². The Kier molecular flexibility index (Phi) is 6.22. The molecule has 1 aromatic rings. The van der Waals surface area contributed by atoms with Gasteiger partial charge in [0.05, 0.1) is 5.76 Å². The van der Waals surface area contributed by atoms with Crippen LogP contribution in [0.5, 0.6) is 0 Å². The van der Waals surface area contributed by atoms with Gasteiger partial charge in [-0.15, -0.1) is 0 Å². The van der Waals surface area contributed by atoms with Crippen LogP contribution in [0.1, 0.15) is 17.3 Å². The fraction of sp³-hybridized carbons (Fsp3) is 0.368. The van der Waals surface area contributed by atoms with E-state index in [1.807, 2.05) is 43.3 Å². The van der Waals surface area contributed by atoms with Crippen molar-refractivity contribution in [1.29, 1.82) is 0 Å². The second-order valence-corrected chi connectivity index (χ2v) is 6.23. The highest BCUT2D eigenvalue weighted by Crippen LogP contribution is 2.18. The van der Waals surface area contributed by atoms with Gasteiger partial charge in [0.2, 0.25) is 0 Å². The van der Waals surface area contributed by atoms with Crippen molar-refractivity contribution in [3.8, 4) is 0 Å². The summed E-state index contributed by atoms with van der Waals surface area (Å²) in [7, 11) is 3.75. The highest BCUT2D eigenvalue weighted by molar-refractivity contribution is 6.04. The molecule has 2 rings (SSSR count). The molecule has 0 spiro atoms. The summed E-state index contributed by atoms with van der Waals surface area (Å²) in [5, 5.41) is 0. The molecule has 0 unspecified atom stereocenters. The molecule has 1 aliphatic rings. The minimum Gasteiger partial charge on any atom is -0.416 e. The van der Waals surface area contributed by atoms with E-state index in [1.165, 1.54) is 0 Å². The van der Waals surface area contributed by atoms with E-state index in [9.17, 15) is 9.59 Å². The van der Waals surface area contributed by atoms with Crippen molar-refractivity contribution in [1.82, 2.24) is 9.80 Å². The van der Waals surface area contributed by atoms with Gasteiger partial charge >= 0.3 is 6.09 Å². The van der Waals surface area contributed by atoms with E-state index in [-0.39, 0.29) is 11.9 Å². The first-order valence-corrected chi connectivity index (χ1v) is 8.23. The maximum absolute atomic E-state index is 12.1. The molecule has 0 N–H and O–H groups in total. The number of rotatable bonds is 5. The Hall–Kier alpha value is -2.76. The Morgan fingerprint density at radius 3 is 2.24 bits per heavy atom. The number of nitrogens with zero attached hydrogens (tertiary/aromatic N) is 3. The zero-order valence-electron chi connectivity index (χ0n) is 15.1. The average Bonchev–Trinajstić information content (AvgIpc) is 2.59. The molecule has 0 atom stereocenters. The number of amides is 1. The number of hydrogen-bond acceptors (Lipinski definition) is 5. The van der Waals surface area contributed by atoms with Crippen molar-refractivity contribution in [2.45, 2.75) is 6.92 Å². The third kappa shape index (κ3) is 5.38. The Balaban J connectivity index is 1.92. The Labute approximate surface area is 149 Å². The van der Waals surface area contributed by atoms with Gasteiger partial charge in [0, 0.05) is 63.8 Å². The summed E-state index contributed by atoms with van der Waals surface area (Å²) < 4.78 is 5.04. The van der Waals surface area contributed by atoms with E-state index in [0.717, 1.165) is 18.8 Å². The number of benzene rings is 1. The number of anilines is 1. The van der Waals surface area contributed by atoms with Gasteiger partial charge in [-0.25, -0.2) is 4.79 Å². The number of ketones is 1. The molecular weight excluding hydrogens is 318 g/mol. The number of carbonyl (C=O) groups is 2. The fourth-order valence-corrected chi connectivity index (χ4v) is 2.51. The summed E-state index contributed by atoms with van der Waals surface area (Å²) >= 11 is 0.